The number of ether oxygens (including phenoxy) is 2. The molecule has 4 rings (SSSR count). The molecule has 0 aliphatic carbocycles. The predicted molar refractivity (Wildman–Crippen MR) is 110 cm³/mol. The number of benzene rings is 3. The van der Waals surface area contributed by atoms with E-state index < -0.39 is 0 Å². The van der Waals surface area contributed by atoms with E-state index in [1.165, 1.54) is 0 Å². The van der Waals surface area contributed by atoms with Crippen LogP contribution in [0.15, 0.2) is 72.8 Å². The number of fused-ring (bicyclic) bond motifs is 1. The monoisotopic (exact) mass is 373 g/mol. The van der Waals surface area contributed by atoms with Gasteiger partial charge in [0.15, 0.2) is 0 Å². The summed E-state index contributed by atoms with van der Waals surface area (Å²) in [6, 6.07) is 24.6. The van der Waals surface area contributed by atoms with Crippen molar-refractivity contribution < 1.29 is 14.3 Å². The van der Waals surface area contributed by atoms with Crippen LogP contribution in [0.4, 0.5) is 5.69 Å². The van der Waals surface area contributed by atoms with E-state index >= 15 is 0 Å². The van der Waals surface area contributed by atoms with Crippen molar-refractivity contribution in [3.63, 3.8) is 0 Å². The molecule has 4 heteroatoms. The Hall–Kier alpha value is -2.95. The van der Waals surface area contributed by atoms with Crippen molar-refractivity contribution in [3.8, 4) is 11.1 Å². The molecule has 3 aromatic rings. The summed E-state index contributed by atoms with van der Waals surface area (Å²) in [6.45, 7) is 1.64. The topological polar surface area (TPSA) is 38.8 Å². The predicted octanol–water partition coefficient (Wildman–Crippen LogP) is 4.56. The van der Waals surface area contributed by atoms with E-state index in [1.807, 2.05) is 41.3 Å². The average molecular weight is 373 g/mol. The SMILES string of the molecule is COCc1cccc(-c2ccc3c(c2)N(Cc2ccccc2)C(=O)COC3)c1. The van der Waals surface area contributed by atoms with Crippen LogP contribution in [0, 0.1) is 0 Å². The molecule has 0 saturated heterocycles. The second-order valence-corrected chi connectivity index (χ2v) is 6.94. The lowest BCUT2D eigenvalue weighted by atomic mass is 10.00. The lowest BCUT2D eigenvalue weighted by Crippen LogP contribution is -2.32. The van der Waals surface area contributed by atoms with Gasteiger partial charge in [-0.15, -0.1) is 0 Å². The first-order chi connectivity index (χ1) is 13.7. The zero-order chi connectivity index (χ0) is 19.3. The molecule has 1 aliphatic rings. The minimum absolute atomic E-state index is 0.0205. The van der Waals surface area contributed by atoms with Crippen molar-refractivity contribution >= 4 is 11.6 Å². The van der Waals surface area contributed by atoms with Crippen LogP contribution in [0.3, 0.4) is 0 Å². The zero-order valence-electron chi connectivity index (χ0n) is 15.9. The molecular weight excluding hydrogens is 350 g/mol. The van der Waals surface area contributed by atoms with Crippen LogP contribution in [0.25, 0.3) is 11.1 Å². The second kappa shape index (κ2) is 8.38. The number of carbonyl (C=O) groups is 1. The number of hydrogen-bond donors (Lipinski definition) is 0. The van der Waals surface area contributed by atoms with Crippen LogP contribution in [0.5, 0.6) is 0 Å². The summed E-state index contributed by atoms with van der Waals surface area (Å²) in [4.78, 5) is 14.6. The van der Waals surface area contributed by atoms with Crippen LogP contribution in [0.1, 0.15) is 16.7 Å². The lowest BCUT2D eigenvalue weighted by Gasteiger charge is -2.23. The average Bonchev–Trinajstić information content (AvgIpc) is 2.88. The van der Waals surface area contributed by atoms with Gasteiger partial charge in [-0.25, -0.2) is 0 Å². The molecule has 0 bridgehead atoms. The van der Waals surface area contributed by atoms with Crippen molar-refractivity contribution in [2.75, 3.05) is 18.6 Å². The Kier molecular flexibility index (Phi) is 5.51. The van der Waals surface area contributed by atoms with Crippen molar-refractivity contribution in [1.29, 1.82) is 0 Å². The summed E-state index contributed by atoms with van der Waals surface area (Å²) in [6.07, 6.45) is 0. The third-order valence-electron chi connectivity index (χ3n) is 4.92. The Morgan fingerprint density at radius 3 is 2.50 bits per heavy atom. The van der Waals surface area contributed by atoms with Crippen LogP contribution in [0.2, 0.25) is 0 Å². The van der Waals surface area contributed by atoms with Crippen molar-refractivity contribution in [3.05, 3.63) is 89.5 Å². The quantitative estimate of drug-likeness (QED) is 0.658. The molecule has 0 N–H and O–H groups in total. The summed E-state index contributed by atoms with van der Waals surface area (Å²) in [5.41, 5.74) is 6.34. The first-order valence-electron chi connectivity index (χ1n) is 9.38. The molecule has 28 heavy (non-hydrogen) atoms. The van der Waals surface area contributed by atoms with Gasteiger partial charge in [0.1, 0.15) is 6.61 Å². The normalized spacial score (nSPS) is 13.9. The minimum Gasteiger partial charge on any atom is -0.380 e. The van der Waals surface area contributed by atoms with E-state index in [4.69, 9.17) is 9.47 Å². The number of anilines is 1. The Balaban J connectivity index is 1.73. The Morgan fingerprint density at radius 2 is 1.68 bits per heavy atom. The maximum atomic E-state index is 12.8. The number of rotatable bonds is 5. The summed E-state index contributed by atoms with van der Waals surface area (Å²) >= 11 is 0. The van der Waals surface area contributed by atoms with Crippen molar-refractivity contribution in [1.82, 2.24) is 0 Å². The highest BCUT2D eigenvalue weighted by atomic mass is 16.5. The molecular formula is C24H23NO3. The number of nitrogens with zero attached hydrogens (tertiary/aromatic N) is 1. The van der Waals surface area contributed by atoms with Crippen LogP contribution in [-0.4, -0.2) is 19.6 Å². The van der Waals surface area contributed by atoms with E-state index in [0.29, 0.717) is 19.8 Å². The standard InChI is InChI=1S/C24H23NO3/c1-27-15-19-8-5-9-20(12-19)21-10-11-22-16-28-17-24(26)25(23(22)13-21)14-18-6-3-2-4-7-18/h2-13H,14-17H2,1H3. The van der Waals surface area contributed by atoms with Gasteiger partial charge in [0, 0.05) is 12.7 Å². The molecule has 0 aromatic heterocycles. The first-order valence-corrected chi connectivity index (χ1v) is 9.38. The van der Waals surface area contributed by atoms with Gasteiger partial charge in [-0.05, 0) is 34.4 Å². The molecule has 0 radical (unpaired) electrons. The Bertz CT molecular complexity index is 969. The molecule has 3 aromatic carbocycles. The van der Waals surface area contributed by atoms with Gasteiger partial charge in [0.05, 0.1) is 25.4 Å². The Morgan fingerprint density at radius 1 is 0.893 bits per heavy atom. The highest BCUT2D eigenvalue weighted by Gasteiger charge is 2.23. The van der Waals surface area contributed by atoms with Gasteiger partial charge in [-0.2, -0.15) is 0 Å². The molecule has 0 spiro atoms. The van der Waals surface area contributed by atoms with Gasteiger partial charge in [0.25, 0.3) is 5.91 Å². The largest absolute Gasteiger partial charge is 0.380 e. The van der Waals surface area contributed by atoms with Gasteiger partial charge in [0.2, 0.25) is 0 Å². The zero-order valence-corrected chi connectivity index (χ0v) is 15.9. The third-order valence-corrected chi connectivity index (χ3v) is 4.92. The molecule has 0 fully saturated rings. The molecule has 0 unspecified atom stereocenters. The fraction of sp³-hybridized carbons (Fsp3) is 0.208. The highest BCUT2D eigenvalue weighted by molar-refractivity contribution is 5.96. The van der Waals surface area contributed by atoms with Crippen LogP contribution < -0.4 is 4.90 Å². The molecule has 1 heterocycles. The van der Waals surface area contributed by atoms with E-state index in [0.717, 1.165) is 33.5 Å². The van der Waals surface area contributed by atoms with Crippen molar-refractivity contribution in [2.45, 2.75) is 19.8 Å². The van der Waals surface area contributed by atoms with Gasteiger partial charge < -0.3 is 14.4 Å². The summed E-state index contributed by atoms with van der Waals surface area (Å²) in [5, 5.41) is 0. The Labute approximate surface area is 165 Å². The highest BCUT2D eigenvalue weighted by Crippen LogP contribution is 2.32. The fourth-order valence-corrected chi connectivity index (χ4v) is 3.52. The van der Waals surface area contributed by atoms with Crippen LogP contribution in [-0.2, 0) is 34.0 Å². The number of amides is 1. The third kappa shape index (κ3) is 3.98. The fourth-order valence-electron chi connectivity index (χ4n) is 3.52. The number of carbonyl (C=O) groups excluding carboxylic acids is 1. The van der Waals surface area contributed by atoms with Gasteiger partial charge >= 0.3 is 0 Å². The molecule has 1 amide bonds. The molecule has 4 nitrogen and oxygen atoms in total. The van der Waals surface area contributed by atoms with Crippen LogP contribution >= 0.6 is 0 Å². The van der Waals surface area contributed by atoms with Gasteiger partial charge in [-0.3, -0.25) is 4.79 Å². The number of methoxy groups -OCH3 is 1. The number of hydrogen-bond acceptors (Lipinski definition) is 3. The summed E-state index contributed by atoms with van der Waals surface area (Å²) in [5.74, 6) is -0.0205. The summed E-state index contributed by atoms with van der Waals surface area (Å²) < 4.78 is 10.8. The molecule has 0 saturated carbocycles. The maximum absolute atomic E-state index is 12.8. The van der Waals surface area contributed by atoms with E-state index in [2.05, 4.69) is 36.4 Å². The maximum Gasteiger partial charge on any atom is 0.253 e. The van der Waals surface area contributed by atoms with Gasteiger partial charge in [-0.1, -0.05) is 60.7 Å². The molecule has 1 aliphatic heterocycles. The lowest BCUT2D eigenvalue weighted by molar-refractivity contribution is -0.123. The van der Waals surface area contributed by atoms with Crippen molar-refractivity contribution in [2.24, 2.45) is 0 Å². The first kappa shape index (κ1) is 18.4. The van der Waals surface area contributed by atoms with E-state index in [-0.39, 0.29) is 12.5 Å². The van der Waals surface area contributed by atoms with E-state index in [9.17, 15) is 4.79 Å². The molecule has 142 valence electrons. The minimum atomic E-state index is -0.0205. The summed E-state index contributed by atoms with van der Waals surface area (Å²) in [7, 11) is 1.70. The smallest absolute Gasteiger partial charge is 0.253 e. The van der Waals surface area contributed by atoms with E-state index in [1.54, 1.807) is 7.11 Å². The second-order valence-electron chi connectivity index (χ2n) is 6.94. The molecule has 0 atom stereocenters.